The fraction of sp³-hybridized carbons (Fsp3) is 0.800. The third-order valence-electron chi connectivity index (χ3n) is 3.12. The molecule has 0 aromatic heterocycles. The molecule has 1 rings (SSSR count). The van der Waals surface area contributed by atoms with Gasteiger partial charge in [0.05, 0.1) is 0 Å². The zero-order valence-corrected chi connectivity index (χ0v) is 7.56. The molecule has 0 radical (unpaired) electrons. The van der Waals surface area contributed by atoms with Gasteiger partial charge in [0.2, 0.25) is 0 Å². The van der Waals surface area contributed by atoms with Crippen LogP contribution in [-0.2, 0) is 0 Å². The van der Waals surface area contributed by atoms with E-state index in [0.717, 1.165) is 6.42 Å². The molecular weight excluding hydrogens is 136 g/mol. The third kappa shape index (κ3) is 1.48. The average Bonchev–Trinajstić information content (AvgIpc) is 1.85. The second-order valence-corrected chi connectivity index (χ2v) is 4.07. The van der Waals surface area contributed by atoms with Crippen LogP contribution in [0, 0.1) is 11.3 Å². The predicted octanol–water partition coefficient (Wildman–Crippen LogP) is 2.36. The van der Waals surface area contributed by atoms with Gasteiger partial charge in [0.15, 0.2) is 0 Å². The van der Waals surface area contributed by atoms with Crippen LogP contribution in [0.15, 0.2) is 12.2 Å². The molecule has 64 valence electrons. The molecule has 1 heteroatoms. The Morgan fingerprint density at radius 3 is 2.64 bits per heavy atom. The molecule has 0 heterocycles. The summed E-state index contributed by atoms with van der Waals surface area (Å²) in [7, 11) is 0. The minimum absolute atomic E-state index is 0.320. The lowest BCUT2D eigenvalue weighted by atomic mass is 9.57. The van der Waals surface area contributed by atoms with Crippen molar-refractivity contribution in [2.75, 3.05) is 6.61 Å². The number of aliphatic hydroxyl groups is 1. The smallest absolute Gasteiger partial charge is 0.0436 e. The fourth-order valence-electron chi connectivity index (χ4n) is 2.18. The highest BCUT2D eigenvalue weighted by molar-refractivity contribution is 5.09. The zero-order chi connectivity index (χ0) is 8.48. The molecule has 1 aliphatic rings. The van der Waals surface area contributed by atoms with Gasteiger partial charge in [-0.15, -0.1) is 0 Å². The summed E-state index contributed by atoms with van der Waals surface area (Å²) < 4.78 is 0. The van der Waals surface area contributed by atoms with E-state index < -0.39 is 0 Å². The van der Waals surface area contributed by atoms with Crippen molar-refractivity contribution < 1.29 is 5.11 Å². The number of allylic oxidation sites excluding steroid dienone is 1. The molecule has 1 fully saturated rings. The van der Waals surface area contributed by atoms with Gasteiger partial charge in [0.1, 0.15) is 0 Å². The van der Waals surface area contributed by atoms with Crippen LogP contribution in [0.2, 0.25) is 0 Å². The van der Waals surface area contributed by atoms with Gasteiger partial charge in [0, 0.05) is 6.61 Å². The van der Waals surface area contributed by atoms with E-state index in [2.05, 4.69) is 20.4 Å². The molecule has 0 amide bonds. The Bertz CT molecular complexity index is 162. The van der Waals surface area contributed by atoms with Crippen LogP contribution in [0.4, 0.5) is 0 Å². The van der Waals surface area contributed by atoms with Crippen LogP contribution in [-0.4, -0.2) is 11.7 Å². The van der Waals surface area contributed by atoms with Crippen LogP contribution in [0.5, 0.6) is 0 Å². The standard InChI is InChI=1S/C10H18O/c1-8(2)9-4-5-10(9,3)6-7-11/h9,11H,1,4-7H2,2-3H3/t9-,10?/m1/s1. The molecule has 0 aromatic carbocycles. The largest absolute Gasteiger partial charge is 0.396 e. The molecule has 1 N–H and O–H groups in total. The first-order chi connectivity index (χ1) is 5.10. The Morgan fingerprint density at radius 1 is 1.73 bits per heavy atom. The van der Waals surface area contributed by atoms with Crippen molar-refractivity contribution in [2.24, 2.45) is 11.3 Å². The third-order valence-corrected chi connectivity index (χ3v) is 3.12. The van der Waals surface area contributed by atoms with Gasteiger partial charge in [0.25, 0.3) is 0 Å². The van der Waals surface area contributed by atoms with Crippen molar-refractivity contribution in [3.05, 3.63) is 12.2 Å². The van der Waals surface area contributed by atoms with Gasteiger partial charge >= 0.3 is 0 Å². The molecule has 0 spiro atoms. The molecule has 0 saturated heterocycles. The monoisotopic (exact) mass is 154 g/mol. The Kier molecular flexibility index (Phi) is 2.38. The normalized spacial score (nSPS) is 36.5. The van der Waals surface area contributed by atoms with E-state index in [1.54, 1.807) is 0 Å². The Morgan fingerprint density at radius 2 is 2.36 bits per heavy atom. The summed E-state index contributed by atoms with van der Waals surface area (Å²) in [6.45, 7) is 8.65. The summed E-state index contributed by atoms with van der Waals surface area (Å²) in [6, 6.07) is 0. The van der Waals surface area contributed by atoms with Crippen LogP contribution in [0.3, 0.4) is 0 Å². The van der Waals surface area contributed by atoms with Gasteiger partial charge in [-0.2, -0.15) is 0 Å². The minimum atomic E-state index is 0.320. The Balaban J connectivity index is 2.52. The second kappa shape index (κ2) is 2.98. The summed E-state index contributed by atoms with van der Waals surface area (Å²) in [4.78, 5) is 0. The summed E-state index contributed by atoms with van der Waals surface area (Å²) >= 11 is 0. The first kappa shape index (κ1) is 8.79. The van der Waals surface area contributed by atoms with E-state index in [9.17, 15) is 0 Å². The summed E-state index contributed by atoms with van der Waals surface area (Å²) in [5.74, 6) is 0.662. The number of rotatable bonds is 3. The van der Waals surface area contributed by atoms with Crippen LogP contribution >= 0.6 is 0 Å². The van der Waals surface area contributed by atoms with Gasteiger partial charge in [-0.25, -0.2) is 0 Å². The Labute approximate surface area is 69.1 Å². The zero-order valence-electron chi connectivity index (χ0n) is 7.56. The molecule has 0 aromatic rings. The predicted molar refractivity (Wildman–Crippen MR) is 47.3 cm³/mol. The first-order valence-corrected chi connectivity index (χ1v) is 4.36. The first-order valence-electron chi connectivity index (χ1n) is 4.36. The summed E-state index contributed by atoms with van der Waals surface area (Å²) in [5, 5.41) is 8.84. The molecule has 2 atom stereocenters. The lowest BCUT2D eigenvalue weighted by Gasteiger charge is -2.47. The number of aliphatic hydroxyl groups excluding tert-OH is 1. The molecular formula is C10H18O. The summed E-state index contributed by atoms with van der Waals surface area (Å²) in [5.41, 5.74) is 1.65. The van der Waals surface area contributed by atoms with Crippen LogP contribution in [0.1, 0.15) is 33.1 Å². The highest BCUT2D eigenvalue weighted by Crippen LogP contribution is 2.51. The fourth-order valence-corrected chi connectivity index (χ4v) is 2.18. The molecule has 11 heavy (non-hydrogen) atoms. The number of hydrogen-bond donors (Lipinski definition) is 1. The molecule has 1 aliphatic carbocycles. The minimum Gasteiger partial charge on any atom is -0.396 e. The van der Waals surface area contributed by atoms with Crippen LogP contribution in [0.25, 0.3) is 0 Å². The molecule has 1 nitrogen and oxygen atoms in total. The van der Waals surface area contributed by atoms with E-state index in [1.807, 2.05) is 0 Å². The molecule has 1 saturated carbocycles. The highest BCUT2D eigenvalue weighted by atomic mass is 16.3. The molecule has 1 unspecified atom stereocenters. The highest BCUT2D eigenvalue weighted by Gasteiger charge is 2.41. The van der Waals surface area contributed by atoms with Crippen molar-refractivity contribution in [3.63, 3.8) is 0 Å². The van der Waals surface area contributed by atoms with Crippen molar-refractivity contribution in [1.82, 2.24) is 0 Å². The number of hydrogen-bond acceptors (Lipinski definition) is 1. The van der Waals surface area contributed by atoms with Crippen molar-refractivity contribution >= 4 is 0 Å². The van der Waals surface area contributed by atoms with E-state index >= 15 is 0 Å². The van der Waals surface area contributed by atoms with E-state index in [4.69, 9.17) is 5.11 Å². The van der Waals surface area contributed by atoms with Crippen molar-refractivity contribution in [2.45, 2.75) is 33.1 Å². The molecule has 0 aliphatic heterocycles. The van der Waals surface area contributed by atoms with Crippen LogP contribution < -0.4 is 0 Å². The van der Waals surface area contributed by atoms with Crippen molar-refractivity contribution in [3.8, 4) is 0 Å². The SMILES string of the molecule is C=C(C)[C@H]1CCC1(C)CCO. The van der Waals surface area contributed by atoms with E-state index in [-0.39, 0.29) is 0 Å². The van der Waals surface area contributed by atoms with E-state index in [0.29, 0.717) is 17.9 Å². The average molecular weight is 154 g/mol. The molecule has 0 bridgehead atoms. The lowest BCUT2D eigenvalue weighted by molar-refractivity contribution is 0.0472. The second-order valence-electron chi connectivity index (χ2n) is 4.07. The lowest BCUT2D eigenvalue weighted by Crippen LogP contribution is -2.38. The van der Waals surface area contributed by atoms with Gasteiger partial charge in [-0.05, 0) is 37.5 Å². The van der Waals surface area contributed by atoms with E-state index in [1.165, 1.54) is 18.4 Å². The van der Waals surface area contributed by atoms with Crippen molar-refractivity contribution in [1.29, 1.82) is 0 Å². The topological polar surface area (TPSA) is 20.2 Å². The van der Waals surface area contributed by atoms with Gasteiger partial charge < -0.3 is 5.11 Å². The summed E-state index contributed by atoms with van der Waals surface area (Å²) in [6.07, 6.45) is 3.46. The van der Waals surface area contributed by atoms with Gasteiger partial charge in [-0.1, -0.05) is 19.1 Å². The Hall–Kier alpha value is -0.300. The quantitative estimate of drug-likeness (QED) is 0.619. The maximum Gasteiger partial charge on any atom is 0.0436 e. The van der Waals surface area contributed by atoms with Gasteiger partial charge in [-0.3, -0.25) is 0 Å². The maximum atomic E-state index is 8.84. The maximum absolute atomic E-state index is 8.84.